The molecule has 0 spiro atoms. The number of methoxy groups -OCH3 is 1. The van der Waals surface area contributed by atoms with Gasteiger partial charge in [0.25, 0.3) is 0 Å². The molecule has 2 aromatic rings. The average Bonchev–Trinajstić information content (AvgIpc) is 3.67. The highest BCUT2D eigenvalue weighted by Crippen LogP contribution is 2.43. The van der Waals surface area contributed by atoms with Crippen molar-refractivity contribution in [1.82, 2.24) is 4.90 Å². The van der Waals surface area contributed by atoms with E-state index in [9.17, 15) is 9.59 Å². The molecule has 1 saturated heterocycles. The Morgan fingerprint density at radius 3 is 2.56 bits per heavy atom. The van der Waals surface area contributed by atoms with Gasteiger partial charge in [0.1, 0.15) is 5.75 Å². The molecule has 1 heterocycles. The van der Waals surface area contributed by atoms with Gasteiger partial charge in [0.2, 0.25) is 11.8 Å². The van der Waals surface area contributed by atoms with Crippen LogP contribution in [0.25, 0.3) is 0 Å². The van der Waals surface area contributed by atoms with Crippen LogP contribution in [0.4, 0.5) is 5.69 Å². The van der Waals surface area contributed by atoms with E-state index in [1.807, 2.05) is 40.1 Å². The van der Waals surface area contributed by atoms with Gasteiger partial charge in [-0.15, -0.1) is 0 Å². The number of hydrogen-bond acceptors (Lipinski definition) is 3. The number of nitrogens with zero attached hydrogens (tertiary/aromatic N) is 2. The van der Waals surface area contributed by atoms with Crippen molar-refractivity contribution in [1.29, 1.82) is 0 Å². The third-order valence-electron chi connectivity index (χ3n) is 6.85. The summed E-state index contributed by atoms with van der Waals surface area (Å²) in [7, 11) is 1.63. The summed E-state index contributed by atoms with van der Waals surface area (Å²) in [4.78, 5) is 31.1. The maximum Gasteiger partial charge on any atom is 0.232 e. The normalized spacial score (nSPS) is 20.4. The molecule has 2 atom stereocenters. The summed E-state index contributed by atoms with van der Waals surface area (Å²) in [5.74, 6) is 0.931. The van der Waals surface area contributed by atoms with E-state index in [-0.39, 0.29) is 23.8 Å². The lowest BCUT2D eigenvalue weighted by atomic mass is 9.82. The van der Waals surface area contributed by atoms with Gasteiger partial charge in [-0.1, -0.05) is 54.7 Å². The molecule has 1 aliphatic carbocycles. The second-order valence-corrected chi connectivity index (χ2v) is 10.1. The molecule has 5 nitrogen and oxygen atoms in total. The molecule has 4 rings (SSSR count). The third kappa shape index (κ3) is 5.36. The molecule has 7 heteroatoms. The molecule has 182 valence electrons. The predicted octanol–water partition coefficient (Wildman–Crippen LogP) is 6.53. The number of halogens is 2. The fraction of sp³-hybridized carbons (Fsp3) is 0.481. The van der Waals surface area contributed by atoms with E-state index < -0.39 is 0 Å². The smallest absolute Gasteiger partial charge is 0.232 e. The molecular weight excluding hydrogens is 471 g/mol. The van der Waals surface area contributed by atoms with E-state index in [2.05, 4.69) is 6.92 Å². The summed E-state index contributed by atoms with van der Waals surface area (Å²) < 4.78 is 5.67. The van der Waals surface area contributed by atoms with Crippen LogP contribution in [0.3, 0.4) is 0 Å². The van der Waals surface area contributed by atoms with Crippen LogP contribution in [0.2, 0.25) is 10.0 Å². The Balaban J connectivity index is 1.75. The van der Waals surface area contributed by atoms with Crippen LogP contribution in [-0.4, -0.2) is 36.9 Å². The number of anilines is 1. The lowest BCUT2D eigenvalue weighted by molar-refractivity contribution is -0.142. The molecule has 0 aromatic heterocycles. The SMILES string of the molecule is CCCCN1C(=O)CCC(C(=O)N(CC2CC2)c2ccc(Cl)c(Cl)c2)C1c1ccccc1OC. The number of ether oxygens (including phenoxy) is 1. The van der Waals surface area contributed by atoms with Gasteiger partial charge in [-0.2, -0.15) is 0 Å². The van der Waals surface area contributed by atoms with Gasteiger partial charge in [0.15, 0.2) is 0 Å². The molecule has 2 fully saturated rings. The highest BCUT2D eigenvalue weighted by molar-refractivity contribution is 6.42. The van der Waals surface area contributed by atoms with E-state index >= 15 is 0 Å². The van der Waals surface area contributed by atoms with Crippen LogP contribution in [0.1, 0.15) is 57.1 Å². The molecule has 2 aromatic carbocycles. The van der Waals surface area contributed by atoms with Crippen LogP contribution < -0.4 is 9.64 Å². The number of hydrogen-bond donors (Lipinski definition) is 0. The maximum absolute atomic E-state index is 14.2. The lowest BCUT2D eigenvalue weighted by Crippen LogP contribution is -2.50. The number of carbonyl (C=O) groups is 2. The number of rotatable bonds is 9. The van der Waals surface area contributed by atoms with Gasteiger partial charge in [0, 0.05) is 30.8 Å². The fourth-order valence-electron chi connectivity index (χ4n) is 4.83. The van der Waals surface area contributed by atoms with E-state index in [0.717, 1.165) is 36.9 Å². The summed E-state index contributed by atoms with van der Waals surface area (Å²) in [6, 6.07) is 12.7. The van der Waals surface area contributed by atoms with Crippen LogP contribution in [0.15, 0.2) is 42.5 Å². The van der Waals surface area contributed by atoms with Crippen LogP contribution >= 0.6 is 23.2 Å². The molecule has 0 bridgehead atoms. The second-order valence-electron chi connectivity index (χ2n) is 9.26. The number of unbranched alkanes of at least 4 members (excludes halogenated alkanes) is 1. The minimum absolute atomic E-state index is 0.0233. The number of piperidine rings is 1. The van der Waals surface area contributed by atoms with Crippen molar-refractivity contribution >= 4 is 40.7 Å². The van der Waals surface area contributed by atoms with Crippen molar-refractivity contribution in [2.24, 2.45) is 11.8 Å². The zero-order valence-corrected chi connectivity index (χ0v) is 21.3. The van der Waals surface area contributed by atoms with E-state index in [0.29, 0.717) is 47.6 Å². The van der Waals surface area contributed by atoms with Crippen molar-refractivity contribution in [2.75, 3.05) is 25.1 Å². The van der Waals surface area contributed by atoms with E-state index in [1.54, 1.807) is 19.2 Å². The standard InChI is InChI=1S/C27H32Cl2N2O3/c1-3-4-15-30-25(32)14-12-21(26(30)20-7-5-6-8-24(20)34-2)27(33)31(17-18-9-10-18)19-11-13-22(28)23(29)16-19/h5-8,11,13,16,18,21,26H,3-4,9-10,12,14-15,17H2,1-2H3. The Hall–Kier alpha value is -2.24. The Kier molecular flexibility index (Phi) is 8.05. The van der Waals surface area contributed by atoms with E-state index in [4.69, 9.17) is 27.9 Å². The fourth-order valence-corrected chi connectivity index (χ4v) is 5.13. The molecule has 0 radical (unpaired) electrons. The topological polar surface area (TPSA) is 49.9 Å². The average molecular weight is 503 g/mol. The zero-order valence-electron chi connectivity index (χ0n) is 19.8. The first kappa shape index (κ1) is 24.9. The molecule has 1 saturated carbocycles. The lowest BCUT2D eigenvalue weighted by Gasteiger charge is -2.43. The predicted molar refractivity (Wildman–Crippen MR) is 137 cm³/mol. The summed E-state index contributed by atoms with van der Waals surface area (Å²) in [6.07, 6.45) is 4.96. The van der Waals surface area contributed by atoms with Gasteiger partial charge in [0.05, 0.1) is 29.1 Å². The number of likely N-dealkylation sites (tertiary alicyclic amines) is 1. The van der Waals surface area contributed by atoms with Crippen molar-refractivity contribution in [3.05, 3.63) is 58.1 Å². The number of benzene rings is 2. The highest BCUT2D eigenvalue weighted by atomic mass is 35.5. The Morgan fingerprint density at radius 1 is 1.12 bits per heavy atom. The summed E-state index contributed by atoms with van der Waals surface area (Å²) >= 11 is 12.5. The molecule has 34 heavy (non-hydrogen) atoms. The summed E-state index contributed by atoms with van der Waals surface area (Å²) in [5.41, 5.74) is 1.63. The molecule has 1 aliphatic heterocycles. The highest BCUT2D eigenvalue weighted by Gasteiger charge is 2.44. The van der Waals surface area contributed by atoms with Gasteiger partial charge in [-0.25, -0.2) is 0 Å². The maximum atomic E-state index is 14.2. The van der Waals surface area contributed by atoms with Gasteiger partial charge in [-0.05, 0) is 55.9 Å². The first-order valence-corrected chi connectivity index (χ1v) is 12.9. The first-order valence-electron chi connectivity index (χ1n) is 12.1. The Bertz CT molecular complexity index is 1040. The largest absolute Gasteiger partial charge is 0.496 e. The van der Waals surface area contributed by atoms with Gasteiger partial charge < -0.3 is 14.5 Å². The van der Waals surface area contributed by atoms with Gasteiger partial charge >= 0.3 is 0 Å². The van der Waals surface area contributed by atoms with Crippen molar-refractivity contribution in [3.8, 4) is 5.75 Å². The summed E-state index contributed by atoms with van der Waals surface area (Å²) in [6.45, 7) is 3.38. The third-order valence-corrected chi connectivity index (χ3v) is 7.59. The summed E-state index contributed by atoms with van der Waals surface area (Å²) in [5, 5.41) is 0.891. The van der Waals surface area contributed by atoms with Crippen LogP contribution in [0, 0.1) is 11.8 Å². The number of carbonyl (C=O) groups excluding carboxylic acids is 2. The first-order chi connectivity index (χ1) is 16.4. The monoisotopic (exact) mass is 502 g/mol. The van der Waals surface area contributed by atoms with Crippen LogP contribution in [-0.2, 0) is 9.59 Å². The quantitative estimate of drug-likeness (QED) is 0.391. The Labute approximate surface area is 212 Å². The zero-order chi connectivity index (χ0) is 24.2. The molecule has 2 aliphatic rings. The van der Waals surface area contributed by atoms with Crippen LogP contribution in [0.5, 0.6) is 5.75 Å². The minimum Gasteiger partial charge on any atom is -0.496 e. The second kappa shape index (κ2) is 11.0. The Morgan fingerprint density at radius 2 is 1.88 bits per heavy atom. The minimum atomic E-state index is -0.376. The molecule has 0 N–H and O–H groups in total. The molecule has 2 amide bonds. The van der Waals surface area contributed by atoms with Crippen molar-refractivity contribution < 1.29 is 14.3 Å². The number of para-hydroxylation sites is 1. The number of amides is 2. The van der Waals surface area contributed by atoms with Crippen molar-refractivity contribution in [3.63, 3.8) is 0 Å². The van der Waals surface area contributed by atoms with E-state index in [1.165, 1.54) is 0 Å². The van der Waals surface area contributed by atoms with Gasteiger partial charge in [-0.3, -0.25) is 9.59 Å². The molecular formula is C27H32Cl2N2O3. The van der Waals surface area contributed by atoms with Crippen molar-refractivity contribution in [2.45, 2.75) is 51.5 Å². The molecule has 2 unspecified atom stereocenters.